The van der Waals surface area contributed by atoms with Crippen LogP contribution in [-0.2, 0) is 19.1 Å². The molecule has 0 aromatic heterocycles. The zero-order valence-corrected chi connectivity index (χ0v) is 14.6. The Kier molecular flexibility index (Phi) is 7.62. The van der Waals surface area contributed by atoms with Crippen LogP contribution in [0.2, 0.25) is 0 Å². The van der Waals surface area contributed by atoms with E-state index in [0.717, 1.165) is 26.2 Å². The quantitative estimate of drug-likeness (QED) is 0.351. The Balaban J connectivity index is 3.11. The molecular formula is C16H28N2O6. The van der Waals surface area contributed by atoms with E-state index >= 15 is 0 Å². The number of hydrogen-bond acceptors (Lipinski definition) is 6. The second-order valence-corrected chi connectivity index (χ2v) is 6.71. The van der Waals surface area contributed by atoms with Crippen molar-refractivity contribution >= 4 is 17.8 Å². The van der Waals surface area contributed by atoms with Crippen LogP contribution in [0.4, 0.5) is 0 Å². The molecule has 1 aliphatic heterocycles. The fourth-order valence-electron chi connectivity index (χ4n) is 2.94. The van der Waals surface area contributed by atoms with Crippen LogP contribution in [0.5, 0.6) is 0 Å². The third-order valence-corrected chi connectivity index (χ3v) is 4.24. The van der Waals surface area contributed by atoms with E-state index in [1.165, 1.54) is 5.48 Å². The van der Waals surface area contributed by atoms with Crippen LogP contribution in [0.25, 0.3) is 0 Å². The molecule has 0 aromatic carbocycles. The van der Waals surface area contributed by atoms with Gasteiger partial charge >= 0.3 is 5.97 Å². The smallest absolute Gasteiger partial charge is 0.302 e. The van der Waals surface area contributed by atoms with Crippen molar-refractivity contribution in [3.8, 4) is 0 Å². The van der Waals surface area contributed by atoms with Gasteiger partial charge in [0.2, 0.25) is 5.91 Å². The Hall–Kier alpha value is -1.67. The van der Waals surface area contributed by atoms with Gasteiger partial charge in [-0.1, -0.05) is 13.8 Å². The number of carbonyl (C=O) groups is 3. The van der Waals surface area contributed by atoms with Crippen molar-refractivity contribution < 1.29 is 29.4 Å². The molecule has 138 valence electrons. The minimum Gasteiger partial charge on any atom is -0.462 e. The van der Waals surface area contributed by atoms with Crippen molar-refractivity contribution in [1.82, 2.24) is 10.4 Å². The highest BCUT2D eigenvalue weighted by Crippen LogP contribution is 2.29. The predicted octanol–water partition coefficient (Wildman–Crippen LogP) is 0.461. The Morgan fingerprint density at radius 3 is 2.25 bits per heavy atom. The van der Waals surface area contributed by atoms with Crippen LogP contribution in [-0.4, -0.2) is 58.3 Å². The summed E-state index contributed by atoms with van der Waals surface area (Å²) < 4.78 is 4.80. The molecule has 0 saturated carbocycles. The normalized spacial score (nSPS) is 18.7. The predicted molar refractivity (Wildman–Crippen MR) is 84.9 cm³/mol. The molecule has 0 bridgehead atoms. The van der Waals surface area contributed by atoms with Gasteiger partial charge < -0.3 is 14.7 Å². The fraction of sp³-hybridized carbons (Fsp3) is 0.812. The lowest BCUT2D eigenvalue weighted by Gasteiger charge is -2.38. The van der Waals surface area contributed by atoms with Crippen LogP contribution < -0.4 is 5.48 Å². The molecule has 0 radical (unpaired) electrons. The number of ether oxygens (including phenoxy) is 1. The third-order valence-electron chi connectivity index (χ3n) is 4.24. The van der Waals surface area contributed by atoms with Gasteiger partial charge in [-0.15, -0.1) is 0 Å². The molecule has 1 aliphatic rings. The molecule has 0 aromatic rings. The van der Waals surface area contributed by atoms with Gasteiger partial charge in [-0.05, 0) is 31.6 Å². The van der Waals surface area contributed by atoms with E-state index < -0.39 is 30.0 Å². The maximum Gasteiger partial charge on any atom is 0.302 e. The average Bonchev–Trinajstić information content (AvgIpc) is 2.56. The number of nitrogens with one attached hydrogen (secondary N) is 1. The van der Waals surface area contributed by atoms with Gasteiger partial charge in [0, 0.05) is 20.0 Å². The van der Waals surface area contributed by atoms with Crippen molar-refractivity contribution in [2.75, 3.05) is 19.7 Å². The Labute approximate surface area is 142 Å². The largest absolute Gasteiger partial charge is 0.462 e. The highest BCUT2D eigenvalue weighted by molar-refractivity contribution is 5.92. The van der Waals surface area contributed by atoms with E-state index in [2.05, 4.69) is 0 Å². The zero-order chi connectivity index (χ0) is 18.3. The van der Waals surface area contributed by atoms with Crippen molar-refractivity contribution in [2.24, 2.45) is 11.8 Å². The van der Waals surface area contributed by atoms with E-state index in [1.54, 1.807) is 4.90 Å². The van der Waals surface area contributed by atoms with Crippen LogP contribution in [0.15, 0.2) is 0 Å². The number of hydrogen-bond donors (Lipinski definition) is 3. The second kappa shape index (κ2) is 8.98. The van der Waals surface area contributed by atoms with E-state index in [4.69, 9.17) is 9.94 Å². The molecule has 0 aliphatic carbocycles. The molecule has 0 unspecified atom stereocenters. The number of nitrogens with zero attached hydrogens (tertiary/aromatic N) is 1. The summed E-state index contributed by atoms with van der Waals surface area (Å²) >= 11 is 0. The van der Waals surface area contributed by atoms with Gasteiger partial charge in [0.05, 0.1) is 5.92 Å². The SMILES string of the molecule is CC(=O)OC[C@](O)(C(=O)NO)[C@@H](CC(C)C)C(=O)N1CCCCC1. The van der Waals surface area contributed by atoms with Gasteiger partial charge in [-0.2, -0.15) is 0 Å². The minimum absolute atomic E-state index is 0.0130. The Morgan fingerprint density at radius 1 is 1.21 bits per heavy atom. The first kappa shape index (κ1) is 20.4. The van der Waals surface area contributed by atoms with Gasteiger partial charge in [-0.3, -0.25) is 19.6 Å². The molecule has 1 rings (SSSR count). The third kappa shape index (κ3) is 5.17. The summed E-state index contributed by atoms with van der Waals surface area (Å²) in [5.74, 6) is -3.30. The summed E-state index contributed by atoms with van der Waals surface area (Å²) in [5, 5.41) is 19.8. The fourth-order valence-corrected chi connectivity index (χ4v) is 2.94. The van der Waals surface area contributed by atoms with Crippen LogP contribution >= 0.6 is 0 Å². The molecular weight excluding hydrogens is 316 g/mol. The Bertz CT molecular complexity index is 461. The van der Waals surface area contributed by atoms with Crippen molar-refractivity contribution in [3.05, 3.63) is 0 Å². The summed E-state index contributed by atoms with van der Waals surface area (Å²) in [5.41, 5.74) is -0.930. The number of piperidine rings is 1. The maximum atomic E-state index is 12.9. The van der Waals surface area contributed by atoms with E-state index in [9.17, 15) is 19.5 Å². The minimum atomic E-state index is -2.32. The number of likely N-dealkylation sites (tertiary alicyclic amines) is 1. The Morgan fingerprint density at radius 2 is 1.79 bits per heavy atom. The van der Waals surface area contributed by atoms with Crippen molar-refractivity contribution in [1.29, 1.82) is 0 Å². The molecule has 24 heavy (non-hydrogen) atoms. The highest BCUT2D eigenvalue weighted by atomic mass is 16.5. The average molecular weight is 344 g/mol. The molecule has 8 heteroatoms. The molecule has 2 atom stereocenters. The molecule has 1 heterocycles. The van der Waals surface area contributed by atoms with Gasteiger partial charge in [0.15, 0.2) is 5.60 Å². The van der Waals surface area contributed by atoms with Gasteiger partial charge in [0.25, 0.3) is 5.91 Å². The molecule has 8 nitrogen and oxygen atoms in total. The van der Waals surface area contributed by atoms with E-state index in [-0.39, 0.29) is 18.2 Å². The molecule has 1 fully saturated rings. The first-order valence-electron chi connectivity index (χ1n) is 8.31. The monoisotopic (exact) mass is 344 g/mol. The number of hydroxylamine groups is 1. The van der Waals surface area contributed by atoms with Crippen LogP contribution in [0.3, 0.4) is 0 Å². The number of aliphatic hydroxyl groups is 1. The number of amides is 2. The first-order valence-corrected chi connectivity index (χ1v) is 8.31. The van der Waals surface area contributed by atoms with Crippen molar-refractivity contribution in [3.63, 3.8) is 0 Å². The molecule has 3 N–H and O–H groups in total. The number of carbonyl (C=O) groups excluding carboxylic acids is 3. The standard InChI is InChI=1S/C16H28N2O6/c1-11(2)9-13(14(20)18-7-5-4-6-8-18)16(22,15(21)17-23)10-24-12(3)19/h11,13,22-23H,4-10H2,1-3H3,(H,17,21)/t13-,16+/m0/s1. The maximum absolute atomic E-state index is 12.9. The van der Waals surface area contributed by atoms with Gasteiger partial charge in [0.1, 0.15) is 6.61 Å². The molecule has 1 saturated heterocycles. The molecule has 0 spiro atoms. The summed E-state index contributed by atoms with van der Waals surface area (Å²) in [7, 11) is 0. The summed E-state index contributed by atoms with van der Waals surface area (Å²) in [4.78, 5) is 37.7. The van der Waals surface area contributed by atoms with Crippen molar-refractivity contribution in [2.45, 2.75) is 52.1 Å². The number of rotatable bonds is 7. The summed E-state index contributed by atoms with van der Waals surface area (Å²) in [6.07, 6.45) is 3.00. The molecule has 2 amide bonds. The van der Waals surface area contributed by atoms with Gasteiger partial charge in [-0.25, -0.2) is 5.48 Å². The highest BCUT2D eigenvalue weighted by Gasteiger charge is 2.50. The van der Waals surface area contributed by atoms with E-state index in [1.807, 2.05) is 13.8 Å². The first-order chi connectivity index (χ1) is 11.2. The zero-order valence-electron chi connectivity index (χ0n) is 14.6. The topological polar surface area (TPSA) is 116 Å². The summed E-state index contributed by atoms with van der Waals surface area (Å²) in [6.45, 7) is 5.31. The van der Waals surface area contributed by atoms with Crippen LogP contribution in [0, 0.1) is 11.8 Å². The summed E-state index contributed by atoms with van der Waals surface area (Å²) in [6, 6.07) is 0. The van der Waals surface area contributed by atoms with Crippen LogP contribution in [0.1, 0.15) is 46.5 Å². The lowest BCUT2D eigenvalue weighted by molar-refractivity contribution is -0.177. The lowest BCUT2D eigenvalue weighted by Crippen LogP contribution is -2.60. The lowest BCUT2D eigenvalue weighted by atomic mass is 9.80. The number of esters is 1. The second-order valence-electron chi connectivity index (χ2n) is 6.71. The van der Waals surface area contributed by atoms with E-state index in [0.29, 0.717) is 13.1 Å².